The first-order chi connectivity index (χ1) is 11.5. The van der Waals surface area contributed by atoms with Crippen molar-refractivity contribution in [1.82, 2.24) is 15.1 Å². The summed E-state index contributed by atoms with van der Waals surface area (Å²) in [5.74, 6) is -0.138. The van der Waals surface area contributed by atoms with E-state index >= 15 is 0 Å². The molecular formula is C16H26N4O3S. The van der Waals surface area contributed by atoms with E-state index in [2.05, 4.69) is 29.4 Å². The van der Waals surface area contributed by atoms with Gasteiger partial charge in [0.05, 0.1) is 18.6 Å². The van der Waals surface area contributed by atoms with Crippen LogP contribution in [0.5, 0.6) is 0 Å². The fourth-order valence-electron chi connectivity index (χ4n) is 2.96. The fourth-order valence-corrected chi connectivity index (χ4v) is 3.97. The lowest BCUT2D eigenvalue weighted by atomic mass is 10.1. The number of methoxy groups -OCH3 is 1. The van der Waals surface area contributed by atoms with E-state index in [0.29, 0.717) is 24.2 Å². The molecule has 0 radical (unpaired) electrons. The summed E-state index contributed by atoms with van der Waals surface area (Å²) >= 11 is 1.42. The Hall–Kier alpha value is -1.54. The number of hydrogen-bond donors (Lipinski definition) is 1. The van der Waals surface area contributed by atoms with Crippen molar-refractivity contribution >= 4 is 28.3 Å². The first-order valence-electron chi connectivity index (χ1n) is 8.42. The van der Waals surface area contributed by atoms with E-state index in [9.17, 15) is 9.59 Å². The monoisotopic (exact) mass is 354 g/mol. The van der Waals surface area contributed by atoms with Gasteiger partial charge in [-0.25, -0.2) is 0 Å². The molecule has 0 aliphatic carbocycles. The Morgan fingerprint density at radius 2 is 2.12 bits per heavy atom. The van der Waals surface area contributed by atoms with Crippen LogP contribution in [0.1, 0.15) is 51.0 Å². The van der Waals surface area contributed by atoms with Crippen molar-refractivity contribution < 1.29 is 14.3 Å². The van der Waals surface area contributed by atoms with Gasteiger partial charge < -0.3 is 15.0 Å². The van der Waals surface area contributed by atoms with Crippen molar-refractivity contribution in [3.05, 3.63) is 5.01 Å². The van der Waals surface area contributed by atoms with Gasteiger partial charge in [0, 0.05) is 26.0 Å². The Labute approximate surface area is 146 Å². The number of hydrogen-bond acceptors (Lipinski definition) is 6. The van der Waals surface area contributed by atoms with Gasteiger partial charge in [-0.3, -0.25) is 9.59 Å². The van der Waals surface area contributed by atoms with Crippen LogP contribution in [0.15, 0.2) is 0 Å². The summed E-state index contributed by atoms with van der Waals surface area (Å²) in [6.45, 7) is 7.05. The predicted octanol–water partition coefficient (Wildman–Crippen LogP) is 2.26. The smallest absolute Gasteiger partial charge is 0.231 e. The minimum atomic E-state index is -0.350. The lowest BCUT2D eigenvalue weighted by Gasteiger charge is -2.23. The molecule has 1 aliphatic rings. The molecule has 1 saturated heterocycles. The van der Waals surface area contributed by atoms with Crippen LogP contribution in [0.3, 0.4) is 0 Å². The number of carbonyl (C=O) groups is 2. The van der Waals surface area contributed by atoms with Gasteiger partial charge in [0.25, 0.3) is 0 Å². The number of nitrogens with zero attached hydrogens (tertiary/aromatic N) is 3. The van der Waals surface area contributed by atoms with Gasteiger partial charge in [0.2, 0.25) is 16.9 Å². The van der Waals surface area contributed by atoms with Crippen LogP contribution >= 0.6 is 11.3 Å². The molecule has 2 rings (SSSR count). The molecule has 134 valence electrons. The summed E-state index contributed by atoms with van der Waals surface area (Å²) in [5, 5.41) is 12.5. The van der Waals surface area contributed by atoms with Crippen molar-refractivity contribution in [3.63, 3.8) is 0 Å². The highest BCUT2D eigenvalue weighted by molar-refractivity contribution is 7.15. The fraction of sp³-hybridized carbons (Fsp3) is 0.750. The van der Waals surface area contributed by atoms with Crippen molar-refractivity contribution in [3.8, 4) is 0 Å². The normalized spacial score (nSPS) is 19.1. The van der Waals surface area contributed by atoms with E-state index in [1.54, 1.807) is 12.0 Å². The first kappa shape index (κ1) is 18.8. The molecular weight excluding hydrogens is 328 g/mol. The van der Waals surface area contributed by atoms with E-state index in [1.165, 1.54) is 11.3 Å². The lowest BCUT2D eigenvalue weighted by Crippen LogP contribution is -2.38. The molecule has 1 aromatic rings. The SMILES string of the molecule is CCC(CC)c1nnc(NC(=O)[C@@H]2CC(=O)N([C@@H](C)COC)C2)s1. The van der Waals surface area contributed by atoms with Crippen LogP contribution in [-0.4, -0.2) is 53.2 Å². The van der Waals surface area contributed by atoms with Crippen LogP contribution in [-0.2, 0) is 14.3 Å². The Balaban J connectivity index is 1.95. The van der Waals surface area contributed by atoms with Crippen LogP contribution in [0.4, 0.5) is 5.13 Å². The van der Waals surface area contributed by atoms with E-state index in [1.807, 2.05) is 6.92 Å². The zero-order chi connectivity index (χ0) is 17.7. The summed E-state index contributed by atoms with van der Waals surface area (Å²) in [6, 6.07) is -0.0247. The number of rotatable bonds is 8. The van der Waals surface area contributed by atoms with Crippen molar-refractivity contribution in [2.24, 2.45) is 5.92 Å². The van der Waals surface area contributed by atoms with Gasteiger partial charge >= 0.3 is 0 Å². The summed E-state index contributed by atoms with van der Waals surface area (Å²) in [6.07, 6.45) is 2.24. The molecule has 1 aliphatic heterocycles. The maximum Gasteiger partial charge on any atom is 0.231 e. The largest absolute Gasteiger partial charge is 0.383 e. The summed E-state index contributed by atoms with van der Waals surface area (Å²) in [5.41, 5.74) is 0. The van der Waals surface area contributed by atoms with Gasteiger partial charge in [0.1, 0.15) is 5.01 Å². The topological polar surface area (TPSA) is 84.4 Å². The molecule has 2 amide bonds. The molecule has 24 heavy (non-hydrogen) atoms. The van der Waals surface area contributed by atoms with Gasteiger partial charge in [-0.2, -0.15) is 0 Å². The number of nitrogens with one attached hydrogen (secondary N) is 1. The van der Waals surface area contributed by atoms with E-state index in [-0.39, 0.29) is 30.2 Å². The molecule has 8 heteroatoms. The quantitative estimate of drug-likeness (QED) is 0.774. The molecule has 1 fully saturated rings. The van der Waals surface area contributed by atoms with Crippen LogP contribution in [0.25, 0.3) is 0 Å². The number of anilines is 1. The summed E-state index contributed by atoms with van der Waals surface area (Å²) in [7, 11) is 1.61. The Morgan fingerprint density at radius 1 is 1.42 bits per heavy atom. The van der Waals surface area contributed by atoms with Crippen LogP contribution < -0.4 is 5.32 Å². The second-order valence-electron chi connectivity index (χ2n) is 6.20. The zero-order valence-corrected chi connectivity index (χ0v) is 15.6. The summed E-state index contributed by atoms with van der Waals surface area (Å²) < 4.78 is 5.09. The molecule has 1 aromatic heterocycles. The van der Waals surface area contributed by atoms with Gasteiger partial charge in [-0.1, -0.05) is 25.2 Å². The second kappa shape index (κ2) is 8.53. The Morgan fingerprint density at radius 3 is 2.75 bits per heavy atom. The van der Waals surface area contributed by atoms with Gasteiger partial charge in [-0.15, -0.1) is 10.2 Å². The van der Waals surface area contributed by atoms with Gasteiger partial charge in [0.15, 0.2) is 0 Å². The zero-order valence-electron chi connectivity index (χ0n) is 14.7. The number of likely N-dealkylation sites (tertiary alicyclic amines) is 1. The molecule has 2 atom stereocenters. The lowest BCUT2D eigenvalue weighted by molar-refractivity contribution is -0.130. The number of aromatic nitrogens is 2. The van der Waals surface area contributed by atoms with E-state index in [0.717, 1.165) is 17.8 Å². The molecule has 1 N–H and O–H groups in total. The molecule has 0 unspecified atom stereocenters. The third-order valence-electron chi connectivity index (χ3n) is 4.47. The number of ether oxygens (including phenoxy) is 1. The molecule has 0 saturated carbocycles. The molecule has 2 heterocycles. The maximum atomic E-state index is 12.4. The number of carbonyl (C=O) groups excluding carboxylic acids is 2. The highest BCUT2D eigenvalue weighted by Gasteiger charge is 2.36. The molecule has 0 bridgehead atoms. The summed E-state index contributed by atoms with van der Waals surface area (Å²) in [4.78, 5) is 26.2. The van der Waals surface area contributed by atoms with Crippen LogP contribution in [0.2, 0.25) is 0 Å². The molecule has 7 nitrogen and oxygen atoms in total. The van der Waals surface area contributed by atoms with Crippen molar-refractivity contribution in [2.45, 2.75) is 52.0 Å². The standard InChI is InChI=1S/C16H26N4O3S/c1-5-11(6-2)15-18-19-16(24-15)17-14(22)12-7-13(21)20(8-12)10(3)9-23-4/h10-12H,5-9H2,1-4H3,(H,17,19,22)/t10-,12+/m0/s1. The van der Waals surface area contributed by atoms with Crippen LogP contribution in [0, 0.1) is 5.92 Å². The second-order valence-corrected chi connectivity index (χ2v) is 7.21. The highest BCUT2D eigenvalue weighted by atomic mass is 32.1. The minimum Gasteiger partial charge on any atom is -0.383 e. The van der Waals surface area contributed by atoms with E-state index in [4.69, 9.17) is 4.74 Å². The average Bonchev–Trinajstić information content (AvgIpc) is 3.16. The predicted molar refractivity (Wildman–Crippen MR) is 93.0 cm³/mol. The first-order valence-corrected chi connectivity index (χ1v) is 9.24. The van der Waals surface area contributed by atoms with E-state index < -0.39 is 0 Å². The number of amides is 2. The average molecular weight is 354 g/mol. The molecule has 0 spiro atoms. The van der Waals surface area contributed by atoms with Crippen molar-refractivity contribution in [1.29, 1.82) is 0 Å². The Bertz CT molecular complexity index is 573. The Kier molecular flexibility index (Phi) is 6.68. The third kappa shape index (κ3) is 4.30. The minimum absolute atomic E-state index is 0.00492. The third-order valence-corrected chi connectivity index (χ3v) is 5.48. The van der Waals surface area contributed by atoms with Crippen molar-refractivity contribution in [2.75, 3.05) is 25.6 Å². The highest BCUT2D eigenvalue weighted by Crippen LogP contribution is 2.29. The van der Waals surface area contributed by atoms with Gasteiger partial charge in [-0.05, 0) is 19.8 Å². The maximum absolute atomic E-state index is 12.4. The molecule has 0 aromatic carbocycles.